The van der Waals surface area contributed by atoms with E-state index in [1.807, 2.05) is 6.92 Å². The maximum Gasteiger partial charge on any atom is 0.258 e. The summed E-state index contributed by atoms with van der Waals surface area (Å²) in [5.41, 5.74) is 9.02. The van der Waals surface area contributed by atoms with Crippen molar-refractivity contribution in [3.8, 4) is 0 Å². The molecular weight excluding hydrogens is 312 g/mol. The molecule has 1 aliphatic rings. The number of anilines is 2. The third-order valence-electron chi connectivity index (χ3n) is 4.10. The molecule has 0 aliphatic carbocycles. The van der Waals surface area contributed by atoms with Crippen molar-refractivity contribution < 1.29 is 9.59 Å². The average molecular weight is 329 g/mol. The number of carbonyl (C=O) groups excluding carboxylic acids is 2. The van der Waals surface area contributed by atoms with Gasteiger partial charge in [-0.2, -0.15) is 0 Å². The SMILES string of the molecule is Cc1cc(C(=O)N2CCCC(=O)c3cc(Cl)ccc32)ccc1N. The molecular formula is C18H17ClN2O2. The second kappa shape index (κ2) is 6.05. The van der Waals surface area contributed by atoms with Crippen LogP contribution in [0.15, 0.2) is 36.4 Å². The van der Waals surface area contributed by atoms with Crippen LogP contribution in [0.1, 0.15) is 39.1 Å². The number of Topliss-reactive ketones (excluding diaryl/α,β-unsaturated/α-hetero) is 1. The Hall–Kier alpha value is -2.33. The Morgan fingerprint density at radius 2 is 2.00 bits per heavy atom. The van der Waals surface area contributed by atoms with E-state index in [0.717, 1.165) is 5.56 Å². The van der Waals surface area contributed by atoms with Crippen molar-refractivity contribution >= 4 is 34.7 Å². The number of halogens is 1. The molecule has 1 amide bonds. The van der Waals surface area contributed by atoms with E-state index in [9.17, 15) is 9.59 Å². The zero-order valence-electron chi connectivity index (χ0n) is 12.8. The number of hydrogen-bond acceptors (Lipinski definition) is 3. The van der Waals surface area contributed by atoms with Gasteiger partial charge in [0.15, 0.2) is 5.78 Å². The molecule has 0 radical (unpaired) electrons. The summed E-state index contributed by atoms with van der Waals surface area (Å²) in [6, 6.07) is 10.3. The zero-order chi connectivity index (χ0) is 16.6. The van der Waals surface area contributed by atoms with Crippen LogP contribution in [0, 0.1) is 6.92 Å². The zero-order valence-corrected chi connectivity index (χ0v) is 13.6. The van der Waals surface area contributed by atoms with Crippen LogP contribution in [-0.2, 0) is 0 Å². The Labute approximate surface area is 139 Å². The maximum atomic E-state index is 12.9. The molecule has 0 spiro atoms. The van der Waals surface area contributed by atoms with Crippen molar-refractivity contribution in [1.82, 2.24) is 0 Å². The standard InChI is InChI=1S/C18H17ClN2O2/c1-11-9-12(4-6-15(11)20)18(23)21-8-2-3-17(22)14-10-13(19)5-7-16(14)21/h4-7,9-10H,2-3,8,20H2,1H3. The molecule has 118 valence electrons. The molecule has 0 aromatic heterocycles. The van der Waals surface area contributed by atoms with E-state index in [4.69, 9.17) is 17.3 Å². The van der Waals surface area contributed by atoms with Gasteiger partial charge in [0.25, 0.3) is 5.91 Å². The summed E-state index contributed by atoms with van der Waals surface area (Å²) in [7, 11) is 0. The Bertz CT molecular complexity index is 802. The number of hydrogen-bond donors (Lipinski definition) is 1. The Kier molecular flexibility index (Phi) is 4.09. The highest BCUT2D eigenvalue weighted by molar-refractivity contribution is 6.31. The fraction of sp³-hybridized carbons (Fsp3) is 0.222. The molecule has 2 aromatic rings. The predicted octanol–water partition coefficient (Wildman–Crippen LogP) is 3.85. The van der Waals surface area contributed by atoms with Crippen LogP contribution in [0.3, 0.4) is 0 Å². The molecule has 4 nitrogen and oxygen atoms in total. The molecule has 0 bridgehead atoms. The van der Waals surface area contributed by atoms with Gasteiger partial charge in [0, 0.05) is 34.8 Å². The lowest BCUT2D eigenvalue weighted by Crippen LogP contribution is -2.31. The van der Waals surface area contributed by atoms with Gasteiger partial charge in [0.2, 0.25) is 0 Å². The van der Waals surface area contributed by atoms with Gasteiger partial charge in [0.05, 0.1) is 5.69 Å². The number of nitrogen functional groups attached to an aromatic ring is 1. The van der Waals surface area contributed by atoms with E-state index < -0.39 is 0 Å². The lowest BCUT2D eigenvalue weighted by atomic mass is 10.1. The number of aryl methyl sites for hydroxylation is 1. The maximum absolute atomic E-state index is 12.9. The third kappa shape index (κ3) is 2.94. The van der Waals surface area contributed by atoms with Crippen molar-refractivity contribution in [2.24, 2.45) is 0 Å². The highest BCUT2D eigenvalue weighted by atomic mass is 35.5. The fourth-order valence-electron chi connectivity index (χ4n) is 2.80. The lowest BCUT2D eigenvalue weighted by molar-refractivity contribution is 0.0973. The molecule has 1 heterocycles. The first-order chi connectivity index (χ1) is 11.0. The number of nitrogens with two attached hydrogens (primary N) is 1. The van der Waals surface area contributed by atoms with E-state index in [2.05, 4.69) is 0 Å². The van der Waals surface area contributed by atoms with Gasteiger partial charge in [-0.15, -0.1) is 0 Å². The second-order valence-corrected chi connectivity index (χ2v) is 6.15. The van der Waals surface area contributed by atoms with E-state index in [1.54, 1.807) is 41.3 Å². The van der Waals surface area contributed by atoms with Gasteiger partial charge in [-0.1, -0.05) is 11.6 Å². The van der Waals surface area contributed by atoms with Crippen molar-refractivity contribution in [3.63, 3.8) is 0 Å². The number of ketones is 1. The minimum atomic E-state index is -0.133. The van der Waals surface area contributed by atoms with Crippen LogP contribution < -0.4 is 10.6 Å². The summed E-state index contributed by atoms with van der Waals surface area (Å²) in [6.45, 7) is 2.37. The van der Waals surface area contributed by atoms with Crippen molar-refractivity contribution in [2.45, 2.75) is 19.8 Å². The highest BCUT2D eigenvalue weighted by Crippen LogP contribution is 2.30. The van der Waals surface area contributed by atoms with Crippen LogP contribution in [0.5, 0.6) is 0 Å². The van der Waals surface area contributed by atoms with Gasteiger partial charge in [-0.05, 0) is 55.3 Å². The molecule has 0 atom stereocenters. The van der Waals surface area contributed by atoms with E-state index in [1.165, 1.54) is 0 Å². The Morgan fingerprint density at radius 3 is 2.74 bits per heavy atom. The Morgan fingerprint density at radius 1 is 1.22 bits per heavy atom. The van der Waals surface area contributed by atoms with Gasteiger partial charge in [-0.3, -0.25) is 9.59 Å². The summed E-state index contributed by atoms with van der Waals surface area (Å²) in [5, 5.41) is 0.495. The first-order valence-electron chi connectivity index (χ1n) is 7.48. The normalized spacial score (nSPS) is 14.3. The van der Waals surface area contributed by atoms with Crippen molar-refractivity contribution in [1.29, 1.82) is 0 Å². The molecule has 2 N–H and O–H groups in total. The molecule has 3 rings (SSSR count). The minimum Gasteiger partial charge on any atom is -0.399 e. The highest BCUT2D eigenvalue weighted by Gasteiger charge is 2.26. The first kappa shape index (κ1) is 15.6. The first-order valence-corrected chi connectivity index (χ1v) is 7.86. The van der Waals surface area contributed by atoms with Crippen molar-refractivity contribution in [3.05, 3.63) is 58.1 Å². The van der Waals surface area contributed by atoms with Crippen LogP contribution in [0.2, 0.25) is 5.02 Å². The number of nitrogens with zero attached hydrogens (tertiary/aromatic N) is 1. The number of amides is 1. The molecule has 0 saturated heterocycles. The second-order valence-electron chi connectivity index (χ2n) is 5.72. The number of carbonyl (C=O) groups is 2. The van der Waals surface area contributed by atoms with Gasteiger partial charge < -0.3 is 10.6 Å². The smallest absolute Gasteiger partial charge is 0.258 e. The lowest BCUT2D eigenvalue weighted by Gasteiger charge is -2.23. The van der Waals surface area contributed by atoms with E-state index >= 15 is 0 Å². The average Bonchev–Trinajstić information content (AvgIpc) is 2.69. The number of rotatable bonds is 1. The minimum absolute atomic E-state index is 0.0197. The van der Waals surface area contributed by atoms with Gasteiger partial charge in [0.1, 0.15) is 0 Å². The number of benzene rings is 2. The summed E-state index contributed by atoms with van der Waals surface area (Å²) >= 11 is 6.01. The molecule has 1 aliphatic heterocycles. The Balaban J connectivity index is 2.05. The molecule has 0 fully saturated rings. The van der Waals surface area contributed by atoms with E-state index in [-0.39, 0.29) is 11.7 Å². The molecule has 23 heavy (non-hydrogen) atoms. The van der Waals surface area contributed by atoms with Crippen LogP contribution >= 0.6 is 11.6 Å². The quantitative estimate of drug-likeness (QED) is 0.809. The summed E-state index contributed by atoms with van der Waals surface area (Å²) < 4.78 is 0. The van der Waals surface area contributed by atoms with Crippen LogP contribution in [0.25, 0.3) is 0 Å². The number of fused-ring (bicyclic) bond motifs is 1. The molecule has 0 saturated carbocycles. The van der Waals surface area contributed by atoms with Crippen LogP contribution in [0.4, 0.5) is 11.4 Å². The van der Waals surface area contributed by atoms with Crippen molar-refractivity contribution in [2.75, 3.05) is 17.2 Å². The van der Waals surface area contributed by atoms with Gasteiger partial charge in [-0.25, -0.2) is 0 Å². The molecule has 0 unspecified atom stereocenters. The topological polar surface area (TPSA) is 63.4 Å². The predicted molar refractivity (Wildman–Crippen MR) is 92.3 cm³/mol. The third-order valence-corrected chi connectivity index (χ3v) is 4.33. The fourth-order valence-corrected chi connectivity index (χ4v) is 2.97. The van der Waals surface area contributed by atoms with Crippen LogP contribution in [-0.4, -0.2) is 18.2 Å². The van der Waals surface area contributed by atoms with E-state index in [0.29, 0.717) is 46.9 Å². The summed E-state index contributed by atoms with van der Waals surface area (Å²) in [6.07, 6.45) is 1.04. The largest absolute Gasteiger partial charge is 0.399 e. The van der Waals surface area contributed by atoms with Gasteiger partial charge >= 0.3 is 0 Å². The summed E-state index contributed by atoms with van der Waals surface area (Å²) in [5.74, 6) is -0.113. The molecule has 2 aromatic carbocycles. The molecule has 5 heteroatoms. The monoisotopic (exact) mass is 328 g/mol. The summed E-state index contributed by atoms with van der Waals surface area (Å²) in [4.78, 5) is 26.8.